The van der Waals surface area contributed by atoms with Crippen LogP contribution >= 0.6 is 11.6 Å². The zero-order valence-electron chi connectivity index (χ0n) is 13.9. The molecule has 0 N–H and O–H groups in total. The number of carbonyl (C=O) groups is 1. The predicted molar refractivity (Wildman–Crippen MR) is 97.1 cm³/mol. The molecular formula is C18H16ClN5O2. The van der Waals surface area contributed by atoms with E-state index in [0.29, 0.717) is 10.6 Å². The number of ether oxygens (including phenoxy) is 1. The van der Waals surface area contributed by atoms with Gasteiger partial charge in [0.2, 0.25) is 11.6 Å². The Labute approximate surface area is 155 Å². The Bertz CT molecular complexity index is 902. The summed E-state index contributed by atoms with van der Waals surface area (Å²) in [7, 11) is 0. The van der Waals surface area contributed by atoms with Crippen LogP contribution in [-0.4, -0.2) is 52.3 Å². The Balaban J connectivity index is 1.60. The van der Waals surface area contributed by atoms with E-state index in [1.807, 2.05) is 24.3 Å². The number of tetrazole rings is 1. The van der Waals surface area contributed by atoms with Gasteiger partial charge in [-0.05, 0) is 59.0 Å². The van der Waals surface area contributed by atoms with Crippen LogP contribution in [0.15, 0.2) is 48.5 Å². The third-order valence-corrected chi connectivity index (χ3v) is 4.50. The highest BCUT2D eigenvalue weighted by Crippen LogP contribution is 2.20. The lowest BCUT2D eigenvalue weighted by Crippen LogP contribution is -2.36. The van der Waals surface area contributed by atoms with Gasteiger partial charge in [0.1, 0.15) is 0 Å². The van der Waals surface area contributed by atoms with E-state index in [4.69, 9.17) is 16.3 Å². The summed E-state index contributed by atoms with van der Waals surface area (Å²) in [6.45, 7) is 3.19. The Morgan fingerprint density at radius 1 is 0.962 bits per heavy atom. The van der Waals surface area contributed by atoms with E-state index < -0.39 is 0 Å². The molecular weight excluding hydrogens is 354 g/mol. The van der Waals surface area contributed by atoms with Gasteiger partial charge >= 0.3 is 0 Å². The molecule has 26 heavy (non-hydrogen) atoms. The number of halogens is 1. The Kier molecular flexibility index (Phi) is 4.64. The first kappa shape index (κ1) is 16.7. The van der Waals surface area contributed by atoms with Gasteiger partial charge in [-0.2, -0.15) is 4.68 Å². The molecule has 8 heteroatoms. The number of hydrogen-bond donors (Lipinski definition) is 0. The topological polar surface area (TPSA) is 73.1 Å². The van der Waals surface area contributed by atoms with Gasteiger partial charge in [0, 0.05) is 29.4 Å². The fourth-order valence-electron chi connectivity index (χ4n) is 2.86. The average Bonchev–Trinajstić information content (AvgIpc) is 3.19. The molecule has 2 heterocycles. The van der Waals surface area contributed by atoms with Gasteiger partial charge in [-0.3, -0.25) is 4.79 Å². The maximum absolute atomic E-state index is 12.7. The summed E-state index contributed by atoms with van der Waals surface area (Å²) >= 11 is 5.88. The van der Waals surface area contributed by atoms with E-state index >= 15 is 0 Å². The van der Waals surface area contributed by atoms with Crippen molar-refractivity contribution in [3.05, 3.63) is 64.9 Å². The molecule has 4 rings (SSSR count). The number of aromatic nitrogens is 4. The summed E-state index contributed by atoms with van der Waals surface area (Å²) in [5.41, 5.74) is 2.32. The van der Waals surface area contributed by atoms with Crippen molar-refractivity contribution in [2.45, 2.75) is 0 Å². The fraction of sp³-hybridized carbons (Fsp3) is 0.222. The van der Waals surface area contributed by atoms with Crippen LogP contribution in [-0.2, 0) is 4.74 Å². The highest BCUT2D eigenvalue weighted by Gasteiger charge is 2.19. The number of morpholine rings is 1. The largest absolute Gasteiger partial charge is 0.378 e. The van der Waals surface area contributed by atoms with Crippen LogP contribution in [0.25, 0.3) is 5.69 Å². The zero-order valence-corrected chi connectivity index (χ0v) is 14.6. The minimum Gasteiger partial charge on any atom is -0.378 e. The lowest BCUT2D eigenvalue weighted by atomic mass is 10.1. The summed E-state index contributed by atoms with van der Waals surface area (Å²) < 4.78 is 6.82. The van der Waals surface area contributed by atoms with Crippen molar-refractivity contribution in [1.82, 2.24) is 20.2 Å². The second-order valence-corrected chi connectivity index (χ2v) is 6.30. The molecule has 2 aromatic carbocycles. The lowest BCUT2D eigenvalue weighted by molar-refractivity contribution is 0.102. The van der Waals surface area contributed by atoms with E-state index in [1.165, 1.54) is 4.68 Å². The Morgan fingerprint density at radius 2 is 1.62 bits per heavy atom. The maximum Gasteiger partial charge on any atom is 0.232 e. The molecule has 0 bridgehead atoms. The first-order valence-electron chi connectivity index (χ1n) is 8.24. The Morgan fingerprint density at radius 3 is 2.31 bits per heavy atom. The van der Waals surface area contributed by atoms with Crippen molar-refractivity contribution in [2.75, 3.05) is 31.2 Å². The first-order chi connectivity index (χ1) is 12.7. The minimum atomic E-state index is -0.260. The molecule has 1 fully saturated rings. The molecule has 0 radical (unpaired) electrons. The van der Waals surface area contributed by atoms with E-state index in [2.05, 4.69) is 20.4 Å². The number of ketones is 1. The van der Waals surface area contributed by atoms with Crippen LogP contribution in [0.4, 0.5) is 5.69 Å². The van der Waals surface area contributed by atoms with Crippen molar-refractivity contribution in [3.8, 4) is 5.69 Å². The Hall–Kier alpha value is -2.77. The predicted octanol–water partition coefficient (Wildman–Crippen LogP) is 2.38. The van der Waals surface area contributed by atoms with Gasteiger partial charge in [0.25, 0.3) is 0 Å². The molecule has 1 saturated heterocycles. The molecule has 0 unspecified atom stereocenters. The maximum atomic E-state index is 12.7. The van der Waals surface area contributed by atoms with Crippen LogP contribution < -0.4 is 4.90 Å². The summed E-state index contributed by atoms with van der Waals surface area (Å²) in [4.78, 5) is 15.0. The average molecular weight is 370 g/mol. The second-order valence-electron chi connectivity index (χ2n) is 5.87. The van der Waals surface area contributed by atoms with Crippen molar-refractivity contribution in [1.29, 1.82) is 0 Å². The van der Waals surface area contributed by atoms with E-state index in [9.17, 15) is 4.79 Å². The van der Waals surface area contributed by atoms with Gasteiger partial charge < -0.3 is 9.64 Å². The fourth-order valence-corrected chi connectivity index (χ4v) is 2.99. The molecule has 0 aliphatic carbocycles. The minimum absolute atomic E-state index is 0.159. The number of anilines is 1. The molecule has 132 valence electrons. The lowest BCUT2D eigenvalue weighted by Gasteiger charge is -2.28. The zero-order chi connectivity index (χ0) is 17.9. The third-order valence-electron chi connectivity index (χ3n) is 4.25. The van der Waals surface area contributed by atoms with E-state index in [-0.39, 0.29) is 11.6 Å². The number of hydrogen-bond acceptors (Lipinski definition) is 6. The molecule has 0 atom stereocenters. The number of rotatable bonds is 4. The number of carbonyl (C=O) groups excluding carboxylic acids is 1. The second kappa shape index (κ2) is 7.23. The third kappa shape index (κ3) is 3.31. The van der Waals surface area contributed by atoms with Crippen molar-refractivity contribution >= 4 is 23.1 Å². The van der Waals surface area contributed by atoms with Crippen LogP contribution in [0.2, 0.25) is 5.02 Å². The van der Waals surface area contributed by atoms with Gasteiger partial charge in [-0.1, -0.05) is 11.6 Å². The summed E-state index contributed by atoms with van der Waals surface area (Å²) in [6, 6.07) is 14.5. The SMILES string of the molecule is O=C(c1ccc(Cl)cc1)c1nnnn1-c1ccc(N2CCOCC2)cc1. The molecule has 1 aliphatic heterocycles. The number of benzene rings is 2. The van der Waals surface area contributed by atoms with Gasteiger partial charge in [0.15, 0.2) is 0 Å². The molecule has 0 amide bonds. The normalized spacial score (nSPS) is 14.4. The molecule has 0 saturated carbocycles. The van der Waals surface area contributed by atoms with E-state index in [1.54, 1.807) is 24.3 Å². The van der Waals surface area contributed by atoms with Crippen LogP contribution in [0.3, 0.4) is 0 Å². The highest BCUT2D eigenvalue weighted by atomic mass is 35.5. The molecule has 1 aromatic heterocycles. The molecule has 0 spiro atoms. The van der Waals surface area contributed by atoms with Crippen molar-refractivity contribution < 1.29 is 9.53 Å². The molecule has 1 aliphatic rings. The standard InChI is InChI=1S/C18H16ClN5O2/c19-14-3-1-13(2-4-14)17(25)18-20-21-22-24(18)16-7-5-15(6-8-16)23-9-11-26-12-10-23/h1-8H,9-12H2. The first-order valence-corrected chi connectivity index (χ1v) is 8.62. The van der Waals surface area contributed by atoms with E-state index in [0.717, 1.165) is 37.7 Å². The van der Waals surface area contributed by atoms with Crippen molar-refractivity contribution in [3.63, 3.8) is 0 Å². The highest BCUT2D eigenvalue weighted by molar-refractivity contribution is 6.30. The van der Waals surface area contributed by atoms with Crippen LogP contribution in [0, 0.1) is 0 Å². The quantitative estimate of drug-likeness (QED) is 0.657. The molecule has 7 nitrogen and oxygen atoms in total. The summed E-state index contributed by atoms with van der Waals surface area (Å²) in [5, 5.41) is 12.1. The van der Waals surface area contributed by atoms with Gasteiger partial charge in [-0.25, -0.2) is 0 Å². The number of nitrogens with zero attached hydrogens (tertiary/aromatic N) is 5. The van der Waals surface area contributed by atoms with Gasteiger partial charge in [-0.15, -0.1) is 5.10 Å². The van der Waals surface area contributed by atoms with Crippen LogP contribution in [0.5, 0.6) is 0 Å². The molecule has 3 aromatic rings. The summed E-state index contributed by atoms with van der Waals surface area (Å²) in [5.74, 6) is -0.102. The van der Waals surface area contributed by atoms with Crippen LogP contribution in [0.1, 0.15) is 16.2 Å². The summed E-state index contributed by atoms with van der Waals surface area (Å²) in [6.07, 6.45) is 0. The monoisotopic (exact) mass is 369 g/mol. The van der Waals surface area contributed by atoms with Crippen molar-refractivity contribution in [2.24, 2.45) is 0 Å². The van der Waals surface area contributed by atoms with Gasteiger partial charge in [0.05, 0.1) is 18.9 Å². The smallest absolute Gasteiger partial charge is 0.232 e.